The van der Waals surface area contributed by atoms with Crippen molar-refractivity contribution in [2.24, 2.45) is 5.92 Å². The number of hydrogen-bond acceptors (Lipinski definition) is 4. The highest BCUT2D eigenvalue weighted by molar-refractivity contribution is 5.26. The Morgan fingerprint density at radius 3 is 2.56 bits per heavy atom. The fraction of sp³-hybridized carbons (Fsp3) is 0.619. The Balaban J connectivity index is 1.56. The molecule has 0 spiro atoms. The first-order valence-electron chi connectivity index (χ1n) is 10.6. The van der Waals surface area contributed by atoms with Crippen molar-refractivity contribution in [2.75, 3.05) is 13.1 Å². The molecule has 3 heterocycles. The Bertz CT molecular complexity index is 939. The number of rotatable bonds is 6. The minimum atomic E-state index is -4.58. The maximum absolute atomic E-state index is 13.2. The standard InChI is InChI=1S/C21H24F6N4O/c1-2-3-8-31-18(9-17(29-31)21(25,26)27)32-30-12-14-6-7-19(10-14,13-30)16-5-4-15(11-28-16)20(22,23)24/h4-5,9,11,14H,2-3,6-8,10,12-13H2,1H3. The molecule has 2 fully saturated rings. The molecule has 4 rings (SSSR count). The van der Waals surface area contributed by atoms with Crippen LogP contribution in [0.5, 0.6) is 5.88 Å². The van der Waals surface area contributed by atoms with Gasteiger partial charge in [-0.2, -0.15) is 31.4 Å². The van der Waals surface area contributed by atoms with Crippen LogP contribution >= 0.6 is 0 Å². The molecular weight excluding hydrogens is 438 g/mol. The highest BCUT2D eigenvalue weighted by Gasteiger charge is 2.48. The van der Waals surface area contributed by atoms with Gasteiger partial charge in [0.1, 0.15) is 0 Å². The van der Waals surface area contributed by atoms with E-state index in [1.807, 2.05) is 6.92 Å². The number of alkyl halides is 6. The zero-order valence-corrected chi connectivity index (χ0v) is 17.5. The van der Waals surface area contributed by atoms with Crippen molar-refractivity contribution in [1.29, 1.82) is 0 Å². The van der Waals surface area contributed by atoms with Gasteiger partial charge in [0, 0.05) is 43.0 Å². The monoisotopic (exact) mass is 462 g/mol. The maximum Gasteiger partial charge on any atom is 0.435 e. The third-order valence-electron chi connectivity index (χ3n) is 6.27. The molecule has 2 aromatic heterocycles. The summed E-state index contributed by atoms with van der Waals surface area (Å²) in [6, 6.07) is 3.33. The van der Waals surface area contributed by atoms with Crippen molar-refractivity contribution in [3.8, 4) is 5.88 Å². The molecule has 0 amide bonds. The third-order valence-corrected chi connectivity index (χ3v) is 6.27. The van der Waals surface area contributed by atoms with Crippen molar-refractivity contribution in [1.82, 2.24) is 19.8 Å². The number of fused-ring (bicyclic) bond motifs is 2. The molecule has 0 aromatic carbocycles. The first kappa shape index (κ1) is 22.9. The van der Waals surface area contributed by atoms with Crippen LogP contribution in [-0.2, 0) is 24.3 Å². The van der Waals surface area contributed by atoms with E-state index in [9.17, 15) is 26.3 Å². The first-order chi connectivity index (χ1) is 15.0. The Labute approximate surface area is 181 Å². The van der Waals surface area contributed by atoms with E-state index in [0.29, 0.717) is 31.7 Å². The summed E-state index contributed by atoms with van der Waals surface area (Å²) in [5.74, 6) is 0.240. The third kappa shape index (κ3) is 4.57. The van der Waals surface area contributed by atoms with Crippen molar-refractivity contribution in [2.45, 2.75) is 63.3 Å². The molecular formula is C21H24F6N4O. The Kier molecular flexibility index (Phi) is 5.89. The summed E-state index contributed by atoms with van der Waals surface area (Å²) in [6.07, 6.45) is -4.42. The normalized spacial score (nSPS) is 24.2. The van der Waals surface area contributed by atoms with Gasteiger partial charge in [0.15, 0.2) is 5.69 Å². The lowest BCUT2D eigenvalue weighted by Gasteiger charge is -2.39. The van der Waals surface area contributed by atoms with Crippen LogP contribution in [0.1, 0.15) is 56.0 Å². The van der Waals surface area contributed by atoms with Gasteiger partial charge in [-0.3, -0.25) is 4.98 Å². The average molecular weight is 462 g/mol. The van der Waals surface area contributed by atoms with Crippen LogP contribution < -0.4 is 4.84 Å². The van der Waals surface area contributed by atoms with Gasteiger partial charge in [0.05, 0.1) is 5.56 Å². The van der Waals surface area contributed by atoms with E-state index in [2.05, 4.69) is 10.1 Å². The molecule has 11 heteroatoms. The quantitative estimate of drug-likeness (QED) is 0.535. The summed E-state index contributed by atoms with van der Waals surface area (Å²) in [7, 11) is 0. The molecule has 32 heavy (non-hydrogen) atoms. The lowest BCUT2D eigenvalue weighted by atomic mass is 9.79. The molecule has 1 aliphatic carbocycles. The number of nitrogens with zero attached hydrogens (tertiary/aromatic N) is 4. The Morgan fingerprint density at radius 1 is 1.16 bits per heavy atom. The molecule has 2 bridgehead atoms. The van der Waals surface area contributed by atoms with Crippen molar-refractivity contribution in [3.63, 3.8) is 0 Å². The molecule has 176 valence electrons. The van der Waals surface area contributed by atoms with Crippen LogP contribution in [-0.4, -0.2) is 32.9 Å². The first-order valence-corrected chi connectivity index (χ1v) is 10.6. The van der Waals surface area contributed by atoms with Crippen LogP contribution in [0.25, 0.3) is 0 Å². The molecule has 1 saturated heterocycles. The number of hydrogen-bond donors (Lipinski definition) is 0. The molecule has 2 aliphatic rings. The second kappa shape index (κ2) is 8.24. The Morgan fingerprint density at radius 2 is 1.94 bits per heavy atom. The highest BCUT2D eigenvalue weighted by Crippen LogP contribution is 2.48. The number of aryl methyl sites for hydroxylation is 1. The SMILES string of the molecule is CCCCn1nc(C(F)(F)F)cc1ON1CC2CCC(c3ccc(C(F)(F)F)cn3)(C2)C1. The number of halogens is 6. The molecule has 5 nitrogen and oxygen atoms in total. The Hall–Kier alpha value is -2.30. The predicted octanol–water partition coefficient (Wildman–Crippen LogP) is 5.46. The van der Waals surface area contributed by atoms with Crippen molar-refractivity contribution < 1.29 is 31.2 Å². The molecule has 0 radical (unpaired) electrons. The largest absolute Gasteiger partial charge is 0.435 e. The molecule has 1 saturated carbocycles. The number of unbranched alkanes of at least 4 members (excludes halogenated alkanes) is 1. The summed E-state index contributed by atoms with van der Waals surface area (Å²) in [5, 5.41) is 5.28. The molecule has 2 atom stereocenters. The van der Waals surface area contributed by atoms with Gasteiger partial charge in [0.25, 0.3) is 0 Å². The number of aromatic nitrogens is 3. The molecule has 1 aliphatic heterocycles. The van der Waals surface area contributed by atoms with E-state index in [1.165, 1.54) is 10.7 Å². The van der Waals surface area contributed by atoms with Crippen LogP contribution in [0, 0.1) is 5.92 Å². The van der Waals surface area contributed by atoms with E-state index in [4.69, 9.17) is 4.84 Å². The summed E-state index contributed by atoms with van der Waals surface area (Å²) in [6.45, 7) is 3.09. The van der Waals surface area contributed by atoms with Gasteiger partial charge in [-0.15, -0.1) is 5.06 Å². The van der Waals surface area contributed by atoms with Crippen molar-refractivity contribution in [3.05, 3.63) is 41.3 Å². The zero-order chi connectivity index (χ0) is 23.1. The summed E-state index contributed by atoms with van der Waals surface area (Å²) >= 11 is 0. The van der Waals surface area contributed by atoms with E-state index in [0.717, 1.165) is 44.0 Å². The lowest BCUT2D eigenvalue weighted by Crippen LogP contribution is -2.47. The van der Waals surface area contributed by atoms with Gasteiger partial charge >= 0.3 is 12.4 Å². The molecule has 0 N–H and O–H groups in total. The minimum Gasteiger partial charge on any atom is -0.386 e. The van der Waals surface area contributed by atoms with Crippen LogP contribution in [0.4, 0.5) is 26.3 Å². The van der Waals surface area contributed by atoms with Crippen LogP contribution in [0.15, 0.2) is 24.4 Å². The highest BCUT2D eigenvalue weighted by atomic mass is 19.4. The summed E-state index contributed by atoms with van der Waals surface area (Å²) < 4.78 is 79.5. The second-order valence-electron chi connectivity index (χ2n) is 8.68. The minimum absolute atomic E-state index is 0.0163. The maximum atomic E-state index is 13.2. The van der Waals surface area contributed by atoms with Gasteiger partial charge in [-0.1, -0.05) is 13.3 Å². The van der Waals surface area contributed by atoms with E-state index in [-0.39, 0.29) is 11.8 Å². The van der Waals surface area contributed by atoms with Gasteiger partial charge in [-0.05, 0) is 43.7 Å². The van der Waals surface area contributed by atoms with Gasteiger partial charge in [0.2, 0.25) is 5.88 Å². The second-order valence-corrected chi connectivity index (χ2v) is 8.68. The molecule has 2 aromatic rings. The smallest absolute Gasteiger partial charge is 0.386 e. The van der Waals surface area contributed by atoms with E-state index >= 15 is 0 Å². The molecule has 2 unspecified atom stereocenters. The fourth-order valence-corrected chi connectivity index (χ4v) is 4.70. The lowest BCUT2D eigenvalue weighted by molar-refractivity contribution is -0.141. The summed E-state index contributed by atoms with van der Waals surface area (Å²) in [5.41, 5.74) is -1.76. The van der Waals surface area contributed by atoms with Gasteiger partial charge < -0.3 is 4.84 Å². The van der Waals surface area contributed by atoms with Crippen LogP contribution in [0.3, 0.4) is 0 Å². The number of piperidine rings is 1. The van der Waals surface area contributed by atoms with Gasteiger partial charge in [-0.25, -0.2) is 4.68 Å². The topological polar surface area (TPSA) is 43.2 Å². The predicted molar refractivity (Wildman–Crippen MR) is 103 cm³/mol. The van der Waals surface area contributed by atoms with Crippen molar-refractivity contribution >= 4 is 0 Å². The average Bonchev–Trinajstić information content (AvgIpc) is 3.27. The van der Waals surface area contributed by atoms with E-state index in [1.54, 1.807) is 5.06 Å². The summed E-state index contributed by atoms with van der Waals surface area (Å²) in [4.78, 5) is 10.00. The fourth-order valence-electron chi connectivity index (χ4n) is 4.70. The van der Waals surface area contributed by atoms with Crippen LogP contribution in [0.2, 0.25) is 0 Å². The van der Waals surface area contributed by atoms with E-state index < -0.39 is 29.0 Å². The number of hydroxylamine groups is 2. The number of pyridine rings is 1. The zero-order valence-electron chi connectivity index (χ0n) is 17.5.